The van der Waals surface area contributed by atoms with Crippen LogP contribution in [0.15, 0.2) is 60.8 Å². The molecule has 0 aromatic heterocycles. The molecule has 2 nitrogen and oxygen atoms in total. The maximum absolute atomic E-state index is 3.57. The largest absolute Gasteiger partial charge is 0.384 e. The molecule has 0 radical (unpaired) electrons. The van der Waals surface area contributed by atoms with Crippen LogP contribution in [0.1, 0.15) is 17.5 Å². The fourth-order valence-corrected chi connectivity index (χ4v) is 3.41. The van der Waals surface area contributed by atoms with Gasteiger partial charge in [-0.1, -0.05) is 48.5 Å². The highest BCUT2D eigenvalue weighted by Gasteiger charge is 2.27. The number of anilines is 1. The number of hydrogen-bond acceptors (Lipinski definition) is 2. The predicted molar refractivity (Wildman–Crippen MR) is 87.9 cm³/mol. The van der Waals surface area contributed by atoms with Crippen molar-refractivity contribution in [3.63, 3.8) is 0 Å². The van der Waals surface area contributed by atoms with Crippen molar-refractivity contribution in [1.82, 2.24) is 4.90 Å². The Morgan fingerprint density at radius 2 is 1.81 bits per heavy atom. The summed E-state index contributed by atoms with van der Waals surface area (Å²) in [5, 5.41) is 3.57. The van der Waals surface area contributed by atoms with Crippen LogP contribution >= 0.6 is 0 Å². The third-order valence-corrected chi connectivity index (χ3v) is 4.53. The molecule has 0 saturated carbocycles. The number of para-hydroxylation sites is 1. The van der Waals surface area contributed by atoms with Crippen LogP contribution in [0.4, 0.5) is 5.69 Å². The molecule has 1 unspecified atom stereocenters. The predicted octanol–water partition coefficient (Wildman–Crippen LogP) is 3.98. The minimum absolute atomic E-state index is 0.659. The third-order valence-electron chi connectivity index (χ3n) is 4.53. The third kappa shape index (κ3) is 2.42. The molecule has 21 heavy (non-hydrogen) atoms. The first-order valence-corrected chi connectivity index (χ1v) is 7.73. The molecule has 2 aliphatic heterocycles. The summed E-state index contributed by atoms with van der Waals surface area (Å²) in [5.74, 6) is 0.659. The Labute approximate surface area is 126 Å². The monoisotopic (exact) mass is 276 g/mol. The van der Waals surface area contributed by atoms with Gasteiger partial charge in [0.2, 0.25) is 0 Å². The molecule has 0 aliphatic carbocycles. The molecule has 2 heterocycles. The van der Waals surface area contributed by atoms with E-state index < -0.39 is 0 Å². The van der Waals surface area contributed by atoms with Gasteiger partial charge in [0.05, 0.1) is 0 Å². The summed E-state index contributed by atoms with van der Waals surface area (Å²) in [7, 11) is 0. The molecule has 2 heteroatoms. The fraction of sp³-hybridized carbons (Fsp3) is 0.263. The molecule has 0 bridgehead atoms. The van der Waals surface area contributed by atoms with Crippen molar-refractivity contribution in [3.8, 4) is 0 Å². The number of nitrogens with zero attached hydrogens (tertiary/aromatic N) is 1. The first-order chi connectivity index (χ1) is 10.4. The van der Waals surface area contributed by atoms with Crippen LogP contribution in [-0.2, 0) is 6.54 Å². The quantitative estimate of drug-likeness (QED) is 0.892. The molecule has 0 saturated heterocycles. The molecule has 2 aromatic carbocycles. The zero-order valence-electron chi connectivity index (χ0n) is 12.1. The van der Waals surface area contributed by atoms with E-state index in [0.717, 1.165) is 19.6 Å². The molecular weight excluding hydrogens is 256 g/mol. The molecular formula is C19H20N2. The van der Waals surface area contributed by atoms with E-state index in [-0.39, 0.29) is 0 Å². The first kappa shape index (κ1) is 12.5. The van der Waals surface area contributed by atoms with Crippen molar-refractivity contribution in [2.45, 2.75) is 13.0 Å². The Hall–Kier alpha value is -2.22. The smallest absolute Gasteiger partial charge is 0.0424 e. The molecule has 0 fully saturated rings. The van der Waals surface area contributed by atoms with E-state index in [4.69, 9.17) is 0 Å². The second kappa shape index (κ2) is 5.28. The Morgan fingerprint density at radius 3 is 2.71 bits per heavy atom. The summed E-state index contributed by atoms with van der Waals surface area (Å²) in [6.45, 7) is 3.22. The number of benzene rings is 2. The van der Waals surface area contributed by atoms with Crippen LogP contribution in [-0.4, -0.2) is 18.0 Å². The number of hydrogen-bond donors (Lipinski definition) is 1. The van der Waals surface area contributed by atoms with E-state index in [2.05, 4.69) is 71.0 Å². The van der Waals surface area contributed by atoms with Crippen molar-refractivity contribution < 1.29 is 0 Å². The Bertz CT molecular complexity index is 660. The van der Waals surface area contributed by atoms with Crippen molar-refractivity contribution >= 4 is 11.3 Å². The van der Waals surface area contributed by atoms with Gasteiger partial charge in [-0.2, -0.15) is 0 Å². The topological polar surface area (TPSA) is 15.3 Å². The molecule has 0 spiro atoms. The van der Waals surface area contributed by atoms with Gasteiger partial charge in [0.1, 0.15) is 0 Å². The Morgan fingerprint density at radius 1 is 1.00 bits per heavy atom. The van der Waals surface area contributed by atoms with Crippen LogP contribution < -0.4 is 5.32 Å². The maximum Gasteiger partial charge on any atom is 0.0424 e. The van der Waals surface area contributed by atoms with Gasteiger partial charge in [0, 0.05) is 43.0 Å². The van der Waals surface area contributed by atoms with E-state index >= 15 is 0 Å². The summed E-state index contributed by atoms with van der Waals surface area (Å²) in [5.41, 5.74) is 5.55. The van der Waals surface area contributed by atoms with Gasteiger partial charge < -0.3 is 10.2 Å². The fourth-order valence-electron chi connectivity index (χ4n) is 3.41. The van der Waals surface area contributed by atoms with Gasteiger partial charge in [-0.3, -0.25) is 0 Å². The zero-order valence-corrected chi connectivity index (χ0v) is 12.1. The lowest BCUT2D eigenvalue weighted by Crippen LogP contribution is -2.32. The molecule has 0 amide bonds. The van der Waals surface area contributed by atoms with Crippen molar-refractivity contribution in [3.05, 3.63) is 71.9 Å². The zero-order chi connectivity index (χ0) is 14.1. The highest BCUT2D eigenvalue weighted by Crippen LogP contribution is 2.38. The number of nitrogens with one attached hydrogen (secondary N) is 1. The van der Waals surface area contributed by atoms with E-state index in [0.29, 0.717) is 5.92 Å². The van der Waals surface area contributed by atoms with E-state index in [1.165, 1.54) is 28.8 Å². The first-order valence-electron chi connectivity index (χ1n) is 7.73. The highest BCUT2D eigenvalue weighted by molar-refractivity contribution is 5.80. The van der Waals surface area contributed by atoms with Gasteiger partial charge >= 0.3 is 0 Å². The average Bonchev–Trinajstić information content (AvgIpc) is 2.56. The number of fused-ring (bicyclic) bond motifs is 3. The lowest BCUT2D eigenvalue weighted by molar-refractivity contribution is 0.326. The minimum Gasteiger partial charge on any atom is -0.384 e. The van der Waals surface area contributed by atoms with E-state index in [1.807, 2.05) is 0 Å². The molecule has 1 atom stereocenters. The standard InChI is InChI=1S/C19H20N2/c1-2-6-15(7-3-1)13-21-11-10-16-12-20-19-9-5-4-8-17(19)18(16)14-21/h1-9,14,16,20H,10-13H2. The summed E-state index contributed by atoms with van der Waals surface area (Å²) >= 11 is 0. The van der Waals surface area contributed by atoms with Crippen molar-refractivity contribution in [2.24, 2.45) is 5.92 Å². The lowest BCUT2D eigenvalue weighted by Gasteiger charge is -2.36. The molecule has 1 N–H and O–H groups in total. The Kier molecular flexibility index (Phi) is 3.15. The second-order valence-electron chi connectivity index (χ2n) is 5.95. The van der Waals surface area contributed by atoms with Gasteiger partial charge in [0.15, 0.2) is 0 Å². The van der Waals surface area contributed by atoms with Gasteiger partial charge in [-0.05, 0) is 23.6 Å². The molecule has 106 valence electrons. The van der Waals surface area contributed by atoms with Crippen molar-refractivity contribution in [2.75, 3.05) is 18.4 Å². The second-order valence-corrected chi connectivity index (χ2v) is 5.95. The van der Waals surface area contributed by atoms with Gasteiger partial charge in [-0.25, -0.2) is 0 Å². The summed E-state index contributed by atoms with van der Waals surface area (Å²) in [6, 6.07) is 19.4. The van der Waals surface area contributed by atoms with E-state index in [9.17, 15) is 0 Å². The minimum atomic E-state index is 0.659. The Balaban J connectivity index is 1.64. The summed E-state index contributed by atoms with van der Waals surface area (Å²) in [4.78, 5) is 2.46. The summed E-state index contributed by atoms with van der Waals surface area (Å²) in [6.07, 6.45) is 3.63. The average molecular weight is 276 g/mol. The molecule has 4 rings (SSSR count). The van der Waals surface area contributed by atoms with Gasteiger partial charge in [-0.15, -0.1) is 0 Å². The van der Waals surface area contributed by atoms with Crippen molar-refractivity contribution in [1.29, 1.82) is 0 Å². The summed E-state index contributed by atoms with van der Waals surface area (Å²) < 4.78 is 0. The van der Waals surface area contributed by atoms with Crippen LogP contribution in [0.3, 0.4) is 0 Å². The van der Waals surface area contributed by atoms with Crippen LogP contribution in [0.25, 0.3) is 5.57 Å². The van der Waals surface area contributed by atoms with E-state index in [1.54, 1.807) is 0 Å². The highest BCUT2D eigenvalue weighted by atomic mass is 15.1. The molecule has 2 aliphatic rings. The van der Waals surface area contributed by atoms with Crippen LogP contribution in [0.5, 0.6) is 0 Å². The molecule has 2 aromatic rings. The van der Waals surface area contributed by atoms with Crippen LogP contribution in [0.2, 0.25) is 0 Å². The van der Waals surface area contributed by atoms with Crippen LogP contribution in [0, 0.1) is 5.92 Å². The lowest BCUT2D eigenvalue weighted by atomic mass is 9.84. The normalized spacial score (nSPS) is 20.1. The number of rotatable bonds is 2. The SMILES string of the molecule is C1=C2c3ccccc3NCC2CCN1Cc1ccccc1. The van der Waals surface area contributed by atoms with Gasteiger partial charge in [0.25, 0.3) is 0 Å². The maximum atomic E-state index is 3.57.